The van der Waals surface area contributed by atoms with Gasteiger partial charge in [0.1, 0.15) is 11.5 Å². The summed E-state index contributed by atoms with van der Waals surface area (Å²) >= 11 is 0. The molecule has 27 heavy (non-hydrogen) atoms. The molecule has 0 aliphatic carbocycles. The van der Waals surface area contributed by atoms with Crippen LogP contribution in [0.3, 0.4) is 0 Å². The lowest BCUT2D eigenvalue weighted by Gasteiger charge is -2.20. The number of aryl methyl sites for hydroxylation is 3. The molecule has 1 aromatic heterocycles. The highest BCUT2D eigenvalue weighted by Gasteiger charge is 2.17. The van der Waals surface area contributed by atoms with E-state index in [1.54, 1.807) is 7.05 Å². The molecule has 0 saturated carbocycles. The van der Waals surface area contributed by atoms with E-state index in [9.17, 15) is 4.79 Å². The van der Waals surface area contributed by atoms with Crippen molar-refractivity contribution >= 4 is 5.91 Å². The molecule has 0 unspecified atom stereocenters. The highest BCUT2D eigenvalue weighted by atomic mass is 16.5. The Hall–Kier alpha value is -2.56. The molecule has 146 valence electrons. The first-order valence-corrected chi connectivity index (χ1v) is 9.46. The van der Waals surface area contributed by atoms with Crippen LogP contribution in [0.15, 0.2) is 18.2 Å². The Labute approximate surface area is 162 Å². The van der Waals surface area contributed by atoms with Crippen molar-refractivity contribution in [3.63, 3.8) is 0 Å². The summed E-state index contributed by atoms with van der Waals surface area (Å²) in [5.41, 5.74) is 4.11. The van der Waals surface area contributed by atoms with Crippen molar-refractivity contribution in [2.75, 3.05) is 7.05 Å². The van der Waals surface area contributed by atoms with Crippen LogP contribution in [0.25, 0.3) is 0 Å². The second kappa shape index (κ2) is 8.89. The fourth-order valence-corrected chi connectivity index (χ4v) is 3.02. The monoisotopic (exact) mass is 370 g/mol. The summed E-state index contributed by atoms with van der Waals surface area (Å²) in [5, 5.41) is 2.65. The summed E-state index contributed by atoms with van der Waals surface area (Å²) in [6, 6.07) is 5.61. The van der Waals surface area contributed by atoms with Gasteiger partial charge >= 0.3 is 0 Å². The molecule has 0 aliphatic heterocycles. The number of ether oxygens (including phenoxy) is 2. The first-order chi connectivity index (χ1) is 12.8. The Kier molecular flexibility index (Phi) is 6.83. The van der Waals surface area contributed by atoms with Crippen LogP contribution in [0.4, 0.5) is 0 Å². The first kappa shape index (κ1) is 20.7. The highest BCUT2D eigenvalue weighted by molar-refractivity contribution is 5.94. The Morgan fingerprint density at radius 2 is 1.67 bits per heavy atom. The molecule has 0 atom stereocenters. The molecule has 2 rings (SSSR count). The third-order valence-corrected chi connectivity index (χ3v) is 4.66. The van der Waals surface area contributed by atoms with Crippen molar-refractivity contribution in [3.8, 4) is 17.4 Å². The lowest BCUT2D eigenvalue weighted by molar-refractivity contribution is 0.0963. The minimum atomic E-state index is -0.113. The van der Waals surface area contributed by atoms with Crippen LogP contribution in [0.5, 0.6) is 17.4 Å². The lowest BCUT2D eigenvalue weighted by Crippen LogP contribution is -2.18. The van der Waals surface area contributed by atoms with E-state index in [-0.39, 0.29) is 12.0 Å². The average Bonchev–Trinajstić information content (AvgIpc) is 2.64. The zero-order valence-electron chi connectivity index (χ0n) is 17.4. The summed E-state index contributed by atoms with van der Waals surface area (Å²) < 4.78 is 12.3. The van der Waals surface area contributed by atoms with Gasteiger partial charge in [0.05, 0.1) is 11.7 Å². The van der Waals surface area contributed by atoms with Gasteiger partial charge in [-0.15, -0.1) is 0 Å². The van der Waals surface area contributed by atoms with Crippen molar-refractivity contribution in [2.24, 2.45) is 0 Å². The van der Waals surface area contributed by atoms with Crippen LogP contribution in [-0.4, -0.2) is 24.0 Å². The molecular weight excluding hydrogens is 340 g/mol. The van der Waals surface area contributed by atoms with Crippen LogP contribution in [0.2, 0.25) is 0 Å². The molecule has 1 amide bonds. The van der Waals surface area contributed by atoms with Gasteiger partial charge in [0.15, 0.2) is 0 Å². The second-order valence-corrected chi connectivity index (χ2v) is 6.87. The number of hydrogen-bond acceptors (Lipinski definition) is 4. The number of amides is 1. The van der Waals surface area contributed by atoms with Crippen LogP contribution < -0.4 is 14.8 Å². The number of carbonyl (C=O) groups is 1. The van der Waals surface area contributed by atoms with Crippen molar-refractivity contribution in [3.05, 3.63) is 46.1 Å². The Balaban J connectivity index is 2.40. The maximum atomic E-state index is 11.9. The predicted octanol–water partition coefficient (Wildman–Crippen LogP) is 5.03. The molecule has 0 radical (unpaired) electrons. The standard InChI is InChI=1S/C22H30N2O3/c1-8-18(9-2)26-19-12-15(5)24-22(16(19)6)27-20-13(3)10-17(11-14(20)4)21(25)23-7/h10-12,18H,8-9H2,1-7H3,(H,23,25). The van der Waals surface area contributed by atoms with E-state index >= 15 is 0 Å². The van der Waals surface area contributed by atoms with E-state index in [1.165, 1.54) is 0 Å². The van der Waals surface area contributed by atoms with Crippen LogP contribution in [0, 0.1) is 27.7 Å². The predicted molar refractivity (Wildman–Crippen MR) is 108 cm³/mol. The molecule has 0 spiro atoms. The zero-order valence-corrected chi connectivity index (χ0v) is 17.4. The first-order valence-electron chi connectivity index (χ1n) is 9.46. The molecule has 2 aromatic rings. The molecule has 1 heterocycles. The maximum Gasteiger partial charge on any atom is 0.251 e. The fourth-order valence-electron chi connectivity index (χ4n) is 3.02. The molecule has 0 aliphatic rings. The third kappa shape index (κ3) is 4.79. The SMILES string of the molecule is CCC(CC)Oc1cc(C)nc(Oc2c(C)cc(C(=O)NC)cc2C)c1C. The van der Waals surface area contributed by atoms with Crippen molar-refractivity contribution < 1.29 is 14.3 Å². The molecule has 1 N–H and O–H groups in total. The lowest BCUT2D eigenvalue weighted by atomic mass is 10.1. The van der Waals surface area contributed by atoms with E-state index < -0.39 is 0 Å². The molecule has 0 bridgehead atoms. The second-order valence-electron chi connectivity index (χ2n) is 6.87. The highest BCUT2D eigenvalue weighted by Crippen LogP contribution is 2.34. The molecule has 5 heteroatoms. The van der Waals surface area contributed by atoms with E-state index in [4.69, 9.17) is 9.47 Å². The number of hydrogen-bond donors (Lipinski definition) is 1. The Bertz CT molecular complexity index is 804. The summed E-state index contributed by atoms with van der Waals surface area (Å²) in [4.78, 5) is 16.5. The number of pyridine rings is 1. The fraction of sp³-hybridized carbons (Fsp3) is 0.455. The summed E-state index contributed by atoms with van der Waals surface area (Å²) in [6.07, 6.45) is 2.08. The number of nitrogens with one attached hydrogen (secondary N) is 1. The topological polar surface area (TPSA) is 60.5 Å². The van der Waals surface area contributed by atoms with E-state index in [0.29, 0.717) is 11.4 Å². The summed E-state index contributed by atoms with van der Waals surface area (Å²) in [5.74, 6) is 1.95. The number of aromatic nitrogens is 1. The molecule has 0 fully saturated rings. The summed E-state index contributed by atoms with van der Waals surface area (Å²) in [7, 11) is 1.62. The smallest absolute Gasteiger partial charge is 0.251 e. The van der Waals surface area contributed by atoms with Crippen molar-refractivity contribution in [2.45, 2.75) is 60.5 Å². The minimum absolute atomic E-state index is 0.113. The molecule has 0 saturated heterocycles. The quantitative estimate of drug-likeness (QED) is 0.742. The largest absolute Gasteiger partial charge is 0.490 e. The molecule has 1 aromatic carbocycles. The van der Waals surface area contributed by atoms with E-state index in [2.05, 4.69) is 24.1 Å². The molecular formula is C22H30N2O3. The van der Waals surface area contributed by atoms with Gasteiger partial charge in [-0.25, -0.2) is 4.98 Å². The van der Waals surface area contributed by atoms with Gasteiger partial charge in [-0.05, 0) is 63.8 Å². The van der Waals surface area contributed by atoms with Gasteiger partial charge in [-0.3, -0.25) is 4.79 Å². The number of benzene rings is 1. The van der Waals surface area contributed by atoms with Gasteiger partial charge in [-0.1, -0.05) is 13.8 Å². The number of carbonyl (C=O) groups excluding carboxylic acids is 1. The van der Waals surface area contributed by atoms with Crippen LogP contribution in [-0.2, 0) is 0 Å². The average molecular weight is 370 g/mol. The van der Waals surface area contributed by atoms with Gasteiger partial charge in [0.2, 0.25) is 5.88 Å². The van der Waals surface area contributed by atoms with Gasteiger partial charge in [-0.2, -0.15) is 0 Å². The Morgan fingerprint density at radius 3 is 2.19 bits per heavy atom. The number of rotatable bonds is 7. The third-order valence-electron chi connectivity index (χ3n) is 4.66. The van der Waals surface area contributed by atoms with Gasteiger partial charge in [0.25, 0.3) is 5.91 Å². The molecule has 5 nitrogen and oxygen atoms in total. The van der Waals surface area contributed by atoms with Gasteiger partial charge < -0.3 is 14.8 Å². The van der Waals surface area contributed by atoms with Crippen molar-refractivity contribution in [1.29, 1.82) is 0 Å². The zero-order chi connectivity index (χ0) is 20.1. The van der Waals surface area contributed by atoms with Crippen LogP contribution in [0.1, 0.15) is 59.4 Å². The maximum absolute atomic E-state index is 11.9. The number of nitrogens with zero attached hydrogens (tertiary/aromatic N) is 1. The van der Waals surface area contributed by atoms with Crippen molar-refractivity contribution in [1.82, 2.24) is 10.3 Å². The van der Waals surface area contributed by atoms with Gasteiger partial charge in [0, 0.05) is 24.4 Å². The normalized spacial score (nSPS) is 10.8. The Morgan fingerprint density at radius 1 is 1.07 bits per heavy atom. The van der Waals surface area contributed by atoms with E-state index in [1.807, 2.05) is 45.9 Å². The summed E-state index contributed by atoms with van der Waals surface area (Å²) in [6.45, 7) is 12.0. The minimum Gasteiger partial charge on any atom is -0.490 e. The van der Waals surface area contributed by atoms with Crippen LogP contribution >= 0.6 is 0 Å². The van der Waals surface area contributed by atoms with E-state index in [0.717, 1.165) is 46.7 Å².